The van der Waals surface area contributed by atoms with Gasteiger partial charge in [-0.05, 0) is 89.0 Å². The third kappa shape index (κ3) is 46.6. The molecule has 0 saturated heterocycles. The van der Waals surface area contributed by atoms with E-state index in [0.29, 0.717) is 30.9 Å². The summed E-state index contributed by atoms with van der Waals surface area (Å²) in [6, 6.07) is 0.664. The van der Waals surface area contributed by atoms with Gasteiger partial charge >= 0.3 is 5.97 Å². The molecule has 0 aliphatic rings. The molecule has 0 bridgehead atoms. The van der Waals surface area contributed by atoms with Gasteiger partial charge in [0.05, 0.1) is 19.5 Å². The quantitative estimate of drug-likeness (QED) is 0.0398. The molecule has 0 fully saturated rings. The second-order valence-corrected chi connectivity index (χ2v) is 23.7. The van der Waals surface area contributed by atoms with E-state index in [2.05, 4.69) is 55.3 Å². The van der Waals surface area contributed by atoms with Crippen LogP contribution in [-0.2, 0) is 20.8 Å². The van der Waals surface area contributed by atoms with E-state index in [1.807, 2.05) is 12.5 Å². The number of nitrogens with zero attached hydrogens (tertiary/aromatic N) is 3. The summed E-state index contributed by atoms with van der Waals surface area (Å²) in [6.45, 7) is 16.3. The Hall–Kier alpha value is -1.44. The zero-order valence-electron chi connectivity index (χ0n) is 50.7. The number of rotatable bonds is 61. The lowest BCUT2D eigenvalue weighted by Crippen LogP contribution is -2.37. The van der Waals surface area contributed by atoms with Gasteiger partial charge in [0.1, 0.15) is 0 Å². The van der Waals surface area contributed by atoms with Gasteiger partial charge in [-0.1, -0.05) is 272 Å². The highest BCUT2D eigenvalue weighted by molar-refractivity contribution is 5.69. The van der Waals surface area contributed by atoms with Crippen molar-refractivity contribution < 1.29 is 19.4 Å². The first-order valence-electron chi connectivity index (χ1n) is 33.6. The molecule has 438 valence electrons. The van der Waals surface area contributed by atoms with Crippen molar-refractivity contribution >= 4 is 5.97 Å². The van der Waals surface area contributed by atoms with Crippen molar-refractivity contribution in [3.8, 4) is 0 Å². The lowest BCUT2D eigenvalue weighted by atomic mass is 9.95. The number of hydrogen-bond acceptors (Lipinski definition) is 6. The van der Waals surface area contributed by atoms with Crippen molar-refractivity contribution in [2.24, 2.45) is 11.8 Å². The molecule has 1 rings (SSSR count). The summed E-state index contributed by atoms with van der Waals surface area (Å²) < 4.78 is 14.3. The van der Waals surface area contributed by atoms with Gasteiger partial charge in [0.25, 0.3) is 0 Å². The molecule has 74 heavy (non-hydrogen) atoms. The van der Waals surface area contributed by atoms with Crippen molar-refractivity contribution in [1.82, 2.24) is 14.5 Å². The van der Waals surface area contributed by atoms with E-state index in [4.69, 9.17) is 9.47 Å². The molecule has 0 amide bonds. The van der Waals surface area contributed by atoms with Crippen molar-refractivity contribution in [3.63, 3.8) is 0 Å². The molecule has 0 aliphatic carbocycles. The maximum Gasteiger partial charge on any atom is 0.305 e. The van der Waals surface area contributed by atoms with Gasteiger partial charge in [0, 0.05) is 37.9 Å². The van der Waals surface area contributed by atoms with Crippen LogP contribution in [-0.4, -0.2) is 64.2 Å². The largest absolute Gasteiger partial charge is 0.465 e. The molecule has 0 aromatic carbocycles. The van der Waals surface area contributed by atoms with Crippen LogP contribution < -0.4 is 0 Å². The zero-order valence-corrected chi connectivity index (χ0v) is 50.7. The highest BCUT2D eigenvalue weighted by Gasteiger charge is 2.19. The summed E-state index contributed by atoms with van der Waals surface area (Å²) in [6.07, 6.45) is 67.7. The summed E-state index contributed by atoms with van der Waals surface area (Å²) in [4.78, 5) is 20.1. The van der Waals surface area contributed by atoms with E-state index in [0.717, 1.165) is 38.8 Å². The average molecular weight is 1040 g/mol. The highest BCUT2D eigenvalue weighted by atomic mass is 16.6. The van der Waals surface area contributed by atoms with Crippen molar-refractivity contribution in [2.45, 2.75) is 368 Å². The fraction of sp³-hybridized carbons (Fsp3) is 0.940. The summed E-state index contributed by atoms with van der Waals surface area (Å²) in [7, 11) is 0. The minimum Gasteiger partial charge on any atom is -0.465 e. The van der Waals surface area contributed by atoms with E-state index in [9.17, 15) is 9.90 Å². The fourth-order valence-electron chi connectivity index (χ4n) is 11.5. The van der Waals surface area contributed by atoms with E-state index in [-0.39, 0.29) is 5.97 Å². The third-order valence-electron chi connectivity index (χ3n) is 16.5. The standard InChI is InChI=1S/C67H131N3O4/c1-6-11-16-21-24-29-36-45-57-70(58-46-56-69-59-55-68-62-69)65(51-41-32-25-27-34-43-53-66(71)73-60-63(47-37-19-14-9-4)49-39-30-22-17-12-7-2)52-42-33-26-28-35-44-54-67(72)74-61-64(48-38-20-15-10-5)50-40-31-23-18-13-8-3/h55,59,62-66,71H,6-54,56-58,60-61H2,1-5H3. The van der Waals surface area contributed by atoms with Crippen molar-refractivity contribution in [3.05, 3.63) is 18.7 Å². The molecule has 0 aliphatic heterocycles. The number of hydrogen-bond donors (Lipinski definition) is 1. The number of aliphatic hydroxyl groups is 1. The molecule has 0 radical (unpaired) electrons. The average Bonchev–Trinajstić information content (AvgIpc) is 3.93. The first-order valence-corrected chi connectivity index (χ1v) is 33.6. The molecule has 0 saturated carbocycles. The molecule has 1 aromatic heterocycles. The van der Waals surface area contributed by atoms with Crippen LogP contribution in [0.5, 0.6) is 0 Å². The first kappa shape index (κ1) is 70.6. The predicted octanol–water partition coefficient (Wildman–Crippen LogP) is 20.9. The maximum atomic E-state index is 12.8. The van der Waals surface area contributed by atoms with E-state index >= 15 is 0 Å². The topological polar surface area (TPSA) is 76.8 Å². The molecule has 0 spiro atoms. The summed E-state index contributed by atoms with van der Waals surface area (Å²) >= 11 is 0. The second kappa shape index (κ2) is 56.3. The predicted molar refractivity (Wildman–Crippen MR) is 322 cm³/mol. The van der Waals surface area contributed by atoms with Crippen LogP contribution in [0.15, 0.2) is 18.7 Å². The number of aliphatic hydroxyl groups excluding tert-OH is 1. The Kier molecular flexibility index (Phi) is 53.7. The summed E-state index contributed by atoms with van der Waals surface area (Å²) in [5, 5.41) is 10.8. The number of ether oxygens (including phenoxy) is 2. The summed E-state index contributed by atoms with van der Waals surface area (Å²) in [5.74, 6) is 1.18. The van der Waals surface area contributed by atoms with Crippen molar-refractivity contribution in [1.29, 1.82) is 0 Å². The van der Waals surface area contributed by atoms with Gasteiger partial charge in [-0.15, -0.1) is 0 Å². The Morgan fingerprint density at radius 2 is 0.811 bits per heavy atom. The van der Waals surface area contributed by atoms with Gasteiger partial charge in [0.2, 0.25) is 0 Å². The van der Waals surface area contributed by atoms with E-state index in [1.54, 1.807) is 0 Å². The number of aryl methyl sites for hydroxylation is 1. The van der Waals surface area contributed by atoms with Crippen LogP contribution in [0.25, 0.3) is 0 Å². The van der Waals surface area contributed by atoms with Crippen LogP contribution in [0.2, 0.25) is 0 Å². The Balaban J connectivity index is 2.62. The molecule has 4 atom stereocenters. The van der Waals surface area contributed by atoms with Crippen molar-refractivity contribution in [2.75, 3.05) is 26.3 Å². The Morgan fingerprint density at radius 3 is 1.26 bits per heavy atom. The smallest absolute Gasteiger partial charge is 0.305 e. The maximum absolute atomic E-state index is 12.8. The SMILES string of the molecule is CCCCCCCCCCN(CCCn1ccnc1)C(CCCCCCCCC(=O)OCC(CCCCCC)CCCCCCCC)CCCCCCCCC(O)OCC(CCCCCC)CCCCCCCC. The lowest BCUT2D eigenvalue weighted by molar-refractivity contribution is -0.145. The molecule has 4 unspecified atom stereocenters. The molecule has 1 N–H and O–H groups in total. The minimum absolute atomic E-state index is 0.0355. The second-order valence-electron chi connectivity index (χ2n) is 23.7. The van der Waals surface area contributed by atoms with E-state index < -0.39 is 6.29 Å². The monoisotopic (exact) mass is 1040 g/mol. The van der Waals surface area contributed by atoms with Gasteiger partial charge in [-0.2, -0.15) is 0 Å². The third-order valence-corrected chi connectivity index (χ3v) is 16.5. The van der Waals surface area contributed by atoms with Gasteiger partial charge < -0.3 is 24.0 Å². The lowest BCUT2D eigenvalue weighted by Gasteiger charge is -2.32. The van der Waals surface area contributed by atoms with Crippen LogP contribution in [0.4, 0.5) is 0 Å². The first-order chi connectivity index (χ1) is 36.5. The minimum atomic E-state index is -0.602. The Morgan fingerprint density at radius 1 is 0.446 bits per heavy atom. The molecular formula is C67H131N3O4. The number of esters is 1. The summed E-state index contributed by atoms with van der Waals surface area (Å²) in [5.41, 5.74) is 0. The van der Waals surface area contributed by atoms with Crippen LogP contribution in [0.1, 0.15) is 349 Å². The number of imidazole rings is 1. The number of carbonyl (C=O) groups is 1. The Bertz CT molecular complexity index is 1230. The van der Waals surface area contributed by atoms with E-state index in [1.165, 1.54) is 296 Å². The zero-order chi connectivity index (χ0) is 53.5. The van der Waals surface area contributed by atoms with Gasteiger partial charge in [-0.3, -0.25) is 4.79 Å². The number of unbranched alkanes of at least 4 members (excludes halogenated alkanes) is 33. The molecule has 7 heteroatoms. The molecule has 1 heterocycles. The van der Waals surface area contributed by atoms with Crippen LogP contribution in [0.3, 0.4) is 0 Å². The Labute approximate surface area is 462 Å². The van der Waals surface area contributed by atoms with Crippen LogP contribution in [0, 0.1) is 11.8 Å². The molecule has 7 nitrogen and oxygen atoms in total. The normalized spacial score (nSPS) is 13.5. The highest BCUT2D eigenvalue weighted by Crippen LogP contribution is 2.24. The molecule has 1 aromatic rings. The number of carbonyl (C=O) groups excluding carboxylic acids is 1. The van der Waals surface area contributed by atoms with Gasteiger partial charge in [-0.25, -0.2) is 4.98 Å². The molecular weight excluding hydrogens is 911 g/mol. The van der Waals surface area contributed by atoms with Gasteiger partial charge in [0.15, 0.2) is 6.29 Å². The van der Waals surface area contributed by atoms with Crippen LogP contribution >= 0.6 is 0 Å². The number of aromatic nitrogens is 2. The fourth-order valence-corrected chi connectivity index (χ4v) is 11.5.